The van der Waals surface area contributed by atoms with E-state index in [9.17, 15) is 0 Å². The second kappa shape index (κ2) is 4.97. The van der Waals surface area contributed by atoms with Gasteiger partial charge in [0.1, 0.15) is 5.82 Å². The number of pyridine rings is 1. The molecule has 0 aliphatic carbocycles. The summed E-state index contributed by atoms with van der Waals surface area (Å²) in [5, 5.41) is 4.60. The van der Waals surface area contributed by atoms with E-state index in [4.69, 9.17) is 4.98 Å². The molecule has 0 amide bonds. The Morgan fingerprint density at radius 3 is 2.35 bits per heavy atom. The van der Waals surface area contributed by atoms with Crippen molar-refractivity contribution < 1.29 is 0 Å². The number of fused-ring (bicyclic) bond motifs is 1. The molecule has 2 aromatic carbocycles. The van der Waals surface area contributed by atoms with E-state index in [0.29, 0.717) is 0 Å². The number of anilines is 2. The summed E-state index contributed by atoms with van der Waals surface area (Å²) in [4.78, 5) is 4.76. The van der Waals surface area contributed by atoms with Crippen LogP contribution in [0.2, 0.25) is 0 Å². The molecular weight excluding hydrogens is 244 g/mol. The summed E-state index contributed by atoms with van der Waals surface area (Å²) in [6, 6.07) is 16.6. The van der Waals surface area contributed by atoms with Gasteiger partial charge in [0, 0.05) is 11.1 Å². The molecular formula is C18H18N2. The Morgan fingerprint density at radius 2 is 1.60 bits per heavy atom. The molecule has 100 valence electrons. The standard InChI is InChI=1S/C18H18N2/c1-12-9-14(3)18-16(10-12)13(2)11-17(20-18)19-15-7-5-4-6-8-15/h4-11H,1-3H3,(H,19,20). The van der Waals surface area contributed by atoms with Crippen LogP contribution in [-0.4, -0.2) is 4.98 Å². The van der Waals surface area contributed by atoms with E-state index in [1.54, 1.807) is 0 Å². The summed E-state index contributed by atoms with van der Waals surface area (Å²) in [5.74, 6) is 0.896. The minimum Gasteiger partial charge on any atom is -0.340 e. The average molecular weight is 262 g/mol. The van der Waals surface area contributed by atoms with Crippen LogP contribution >= 0.6 is 0 Å². The highest BCUT2D eigenvalue weighted by molar-refractivity contribution is 5.87. The first-order chi connectivity index (χ1) is 9.63. The molecule has 3 rings (SSSR count). The van der Waals surface area contributed by atoms with Gasteiger partial charge in [0.25, 0.3) is 0 Å². The Kier molecular flexibility index (Phi) is 3.15. The van der Waals surface area contributed by atoms with Gasteiger partial charge < -0.3 is 5.32 Å². The van der Waals surface area contributed by atoms with Crippen molar-refractivity contribution in [3.05, 3.63) is 65.2 Å². The molecule has 0 radical (unpaired) electrons. The summed E-state index contributed by atoms with van der Waals surface area (Å²) in [6.45, 7) is 6.38. The van der Waals surface area contributed by atoms with Gasteiger partial charge in [-0.25, -0.2) is 4.98 Å². The number of rotatable bonds is 2. The molecule has 0 aliphatic rings. The summed E-state index contributed by atoms with van der Waals surface area (Å²) in [7, 11) is 0. The van der Waals surface area contributed by atoms with E-state index >= 15 is 0 Å². The number of benzene rings is 2. The zero-order valence-electron chi connectivity index (χ0n) is 12.1. The summed E-state index contributed by atoms with van der Waals surface area (Å²) < 4.78 is 0. The van der Waals surface area contributed by atoms with Crippen LogP contribution in [0.5, 0.6) is 0 Å². The highest BCUT2D eigenvalue weighted by atomic mass is 15.0. The lowest BCUT2D eigenvalue weighted by Gasteiger charge is -2.11. The minimum atomic E-state index is 0.896. The quantitative estimate of drug-likeness (QED) is 0.710. The number of hydrogen-bond donors (Lipinski definition) is 1. The van der Waals surface area contributed by atoms with Crippen LogP contribution in [0.25, 0.3) is 10.9 Å². The molecule has 0 unspecified atom stereocenters. The van der Waals surface area contributed by atoms with E-state index in [1.807, 2.05) is 30.3 Å². The molecule has 0 saturated carbocycles. The van der Waals surface area contributed by atoms with Gasteiger partial charge in [-0.3, -0.25) is 0 Å². The van der Waals surface area contributed by atoms with Crippen LogP contribution in [-0.2, 0) is 0 Å². The number of hydrogen-bond acceptors (Lipinski definition) is 2. The van der Waals surface area contributed by atoms with E-state index in [0.717, 1.165) is 17.0 Å². The molecule has 0 spiro atoms. The lowest BCUT2D eigenvalue weighted by Crippen LogP contribution is -1.96. The predicted molar refractivity (Wildman–Crippen MR) is 85.7 cm³/mol. The Labute approximate surface area is 119 Å². The van der Waals surface area contributed by atoms with Crippen molar-refractivity contribution in [1.82, 2.24) is 4.98 Å². The van der Waals surface area contributed by atoms with Crippen molar-refractivity contribution in [2.24, 2.45) is 0 Å². The van der Waals surface area contributed by atoms with Crippen LogP contribution in [0, 0.1) is 20.8 Å². The molecule has 2 nitrogen and oxygen atoms in total. The smallest absolute Gasteiger partial charge is 0.131 e. The third kappa shape index (κ3) is 2.37. The number of nitrogens with one attached hydrogen (secondary N) is 1. The fourth-order valence-electron chi connectivity index (χ4n) is 2.58. The fraction of sp³-hybridized carbons (Fsp3) is 0.167. The molecule has 0 fully saturated rings. The molecule has 0 aliphatic heterocycles. The van der Waals surface area contributed by atoms with Crippen molar-refractivity contribution in [2.75, 3.05) is 5.32 Å². The Morgan fingerprint density at radius 1 is 0.850 bits per heavy atom. The Hall–Kier alpha value is -2.35. The fourth-order valence-corrected chi connectivity index (χ4v) is 2.58. The normalized spacial score (nSPS) is 10.8. The highest BCUT2D eigenvalue weighted by Gasteiger charge is 2.06. The van der Waals surface area contributed by atoms with E-state index < -0.39 is 0 Å². The van der Waals surface area contributed by atoms with Gasteiger partial charge in [-0.2, -0.15) is 0 Å². The summed E-state index contributed by atoms with van der Waals surface area (Å²) in [6.07, 6.45) is 0. The molecule has 3 aromatic rings. The summed E-state index contributed by atoms with van der Waals surface area (Å²) >= 11 is 0. The van der Waals surface area contributed by atoms with Gasteiger partial charge in [-0.15, -0.1) is 0 Å². The molecule has 2 heteroatoms. The van der Waals surface area contributed by atoms with Crippen molar-refractivity contribution in [2.45, 2.75) is 20.8 Å². The molecule has 0 atom stereocenters. The van der Waals surface area contributed by atoms with Crippen molar-refractivity contribution in [1.29, 1.82) is 0 Å². The largest absolute Gasteiger partial charge is 0.340 e. The maximum Gasteiger partial charge on any atom is 0.131 e. The van der Waals surface area contributed by atoms with Crippen LogP contribution in [0.4, 0.5) is 11.5 Å². The number of para-hydroxylation sites is 1. The average Bonchev–Trinajstić information content (AvgIpc) is 2.41. The predicted octanol–water partition coefficient (Wildman–Crippen LogP) is 4.90. The zero-order valence-corrected chi connectivity index (χ0v) is 12.1. The van der Waals surface area contributed by atoms with E-state index in [-0.39, 0.29) is 0 Å². The third-order valence-electron chi connectivity index (χ3n) is 3.50. The van der Waals surface area contributed by atoms with Crippen LogP contribution < -0.4 is 5.32 Å². The van der Waals surface area contributed by atoms with Gasteiger partial charge in [-0.05, 0) is 56.2 Å². The van der Waals surface area contributed by atoms with Gasteiger partial charge in [0.2, 0.25) is 0 Å². The monoisotopic (exact) mass is 262 g/mol. The maximum atomic E-state index is 4.76. The van der Waals surface area contributed by atoms with Crippen LogP contribution in [0.3, 0.4) is 0 Å². The molecule has 0 bridgehead atoms. The van der Waals surface area contributed by atoms with Crippen molar-refractivity contribution >= 4 is 22.4 Å². The molecule has 0 saturated heterocycles. The van der Waals surface area contributed by atoms with Crippen LogP contribution in [0.15, 0.2) is 48.5 Å². The zero-order chi connectivity index (χ0) is 14.1. The first-order valence-corrected chi connectivity index (χ1v) is 6.84. The molecule has 1 N–H and O–H groups in total. The van der Waals surface area contributed by atoms with Gasteiger partial charge in [-0.1, -0.05) is 29.8 Å². The first-order valence-electron chi connectivity index (χ1n) is 6.84. The van der Waals surface area contributed by atoms with Crippen molar-refractivity contribution in [3.63, 3.8) is 0 Å². The van der Waals surface area contributed by atoms with Gasteiger partial charge >= 0.3 is 0 Å². The third-order valence-corrected chi connectivity index (χ3v) is 3.50. The topological polar surface area (TPSA) is 24.9 Å². The van der Waals surface area contributed by atoms with Crippen molar-refractivity contribution in [3.8, 4) is 0 Å². The Balaban J connectivity index is 2.10. The highest BCUT2D eigenvalue weighted by Crippen LogP contribution is 2.26. The number of nitrogens with zero attached hydrogens (tertiary/aromatic N) is 1. The number of aryl methyl sites for hydroxylation is 3. The lowest BCUT2D eigenvalue weighted by molar-refractivity contribution is 1.30. The molecule has 1 aromatic heterocycles. The minimum absolute atomic E-state index is 0.896. The Bertz CT molecular complexity index is 761. The van der Waals surface area contributed by atoms with Gasteiger partial charge in [0.15, 0.2) is 0 Å². The summed E-state index contributed by atoms with van der Waals surface area (Å²) in [5.41, 5.74) is 5.89. The number of aromatic nitrogens is 1. The lowest BCUT2D eigenvalue weighted by atomic mass is 10.0. The molecule has 20 heavy (non-hydrogen) atoms. The van der Waals surface area contributed by atoms with Crippen LogP contribution in [0.1, 0.15) is 16.7 Å². The molecule has 1 heterocycles. The SMILES string of the molecule is Cc1cc(C)c2nc(Nc3ccccc3)cc(C)c2c1. The maximum absolute atomic E-state index is 4.76. The second-order valence-electron chi connectivity index (χ2n) is 5.29. The first kappa shape index (κ1) is 12.7. The van der Waals surface area contributed by atoms with Gasteiger partial charge in [0.05, 0.1) is 5.52 Å². The second-order valence-corrected chi connectivity index (χ2v) is 5.29. The van der Waals surface area contributed by atoms with E-state index in [2.05, 4.69) is 44.3 Å². The van der Waals surface area contributed by atoms with E-state index in [1.165, 1.54) is 22.1 Å².